The molecule has 0 saturated carbocycles. The van der Waals surface area contributed by atoms with Gasteiger partial charge in [0.25, 0.3) is 0 Å². The molecule has 1 amide bonds. The highest BCUT2D eigenvalue weighted by atomic mass is 16.1. The predicted molar refractivity (Wildman–Crippen MR) is 82.7 cm³/mol. The third-order valence-electron chi connectivity index (χ3n) is 4.20. The van der Waals surface area contributed by atoms with Crippen LogP contribution < -0.4 is 5.32 Å². The zero-order valence-electron chi connectivity index (χ0n) is 12.7. The number of carbonyl (C=O) groups excluding carboxylic acids is 1. The lowest BCUT2D eigenvalue weighted by molar-refractivity contribution is -0.120. The fraction of sp³-hybridized carbons (Fsp3) is 0.588. The summed E-state index contributed by atoms with van der Waals surface area (Å²) < 4.78 is 0. The summed E-state index contributed by atoms with van der Waals surface area (Å²) >= 11 is 0. The van der Waals surface area contributed by atoms with Gasteiger partial charge < -0.3 is 10.2 Å². The van der Waals surface area contributed by atoms with Crippen LogP contribution in [0.4, 0.5) is 0 Å². The van der Waals surface area contributed by atoms with Crippen LogP contribution in [0, 0.1) is 12.8 Å². The Kier molecular flexibility index (Phi) is 5.60. The van der Waals surface area contributed by atoms with E-state index >= 15 is 0 Å². The van der Waals surface area contributed by atoms with Crippen LogP contribution in [-0.4, -0.2) is 37.5 Å². The first-order valence-electron chi connectivity index (χ1n) is 7.64. The molecule has 110 valence electrons. The van der Waals surface area contributed by atoms with E-state index in [2.05, 4.69) is 36.3 Å². The SMILES string of the molecule is Cc1ccc(CC(=O)NCCC2CCN(C)CC2)cc1. The average molecular weight is 274 g/mol. The van der Waals surface area contributed by atoms with Crippen molar-refractivity contribution in [1.29, 1.82) is 0 Å². The maximum absolute atomic E-state index is 11.9. The minimum atomic E-state index is 0.141. The lowest BCUT2D eigenvalue weighted by Gasteiger charge is -2.28. The third-order valence-corrected chi connectivity index (χ3v) is 4.20. The Morgan fingerprint density at radius 3 is 2.55 bits per heavy atom. The highest BCUT2D eigenvalue weighted by Gasteiger charge is 2.16. The maximum atomic E-state index is 11.9. The van der Waals surface area contributed by atoms with Gasteiger partial charge in [0.15, 0.2) is 0 Å². The van der Waals surface area contributed by atoms with Gasteiger partial charge in [-0.25, -0.2) is 0 Å². The van der Waals surface area contributed by atoms with E-state index in [0.717, 1.165) is 24.4 Å². The molecule has 1 aliphatic rings. The molecule has 1 heterocycles. The van der Waals surface area contributed by atoms with Gasteiger partial charge in [0.2, 0.25) is 5.91 Å². The second-order valence-corrected chi connectivity index (χ2v) is 6.05. The number of rotatable bonds is 5. The number of hydrogen-bond donors (Lipinski definition) is 1. The van der Waals surface area contributed by atoms with Crippen molar-refractivity contribution >= 4 is 5.91 Å². The van der Waals surface area contributed by atoms with E-state index in [4.69, 9.17) is 0 Å². The molecular formula is C17H26N2O. The van der Waals surface area contributed by atoms with Crippen molar-refractivity contribution in [2.45, 2.75) is 32.6 Å². The molecule has 1 fully saturated rings. The van der Waals surface area contributed by atoms with Crippen molar-refractivity contribution in [3.8, 4) is 0 Å². The number of amides is 1. The van der Waals surface area contributed by atoms with Crippen molar-refractivity contribution in [3.05, 3.63) is 35.4 Å². The first-order chi connectivity index (χ1) is 9.63. The number of nitrogens with zero attached hydrogens (tertiary/aromatic N) is 1. The van der Waals surface area contributed by atoms with Gasteiger partial charge in [-0.05, 0) is 57.8 Å². The van der Waals surface area contributed by atoms with Crippen LogP contribution in [0.2, 0.25) is 0 Å². The molecule has 2 rings (SSSR count). The minimum Gasteiger partial charge on any atom is -0.356 e. The lowest BCUT2D eigenvalue weighted by atomic mass is 9.94. The standard InChI is InChI=1S/C17H26N2O/c1-14-3-5-16(6-4-14)13-17(20)18-10-7-15-8-11-19(2)12-9-15/h3-6,15H,7-13H2,1-2H3,(H,18,20). The Balaban J connectivity index is 1.64. The third kappa shape index (κ3) is 4.97. The molecule has 0 atom stereocenters. The van der Waals surface area contributed by atoms with Crippen LogP contribution in [0.15, 0.2) is 24.3 Å². The fourth-order valence-electron chi connectivity index (χ4n) is 2.72. The monoisotopic (exact) mass is 274 g/mol. The Hall–Kier alpha value is -1.35. The number of aryl methyl sites for hydroxylation is 1. The maximum Gasteiger partial charge on any atom is 0.224 e. The summed E-state index contributed by atoms with van der Waals surface area (Å²) in [7, 11) is 2.18. The topological polar surface area (TPSA) is 32.3 Å². The van der Waals surface area contributed by atoms with E-state index in [1.807, 2.05) is 12.1 Å². The zero-order chi connectivity index (χ0) is 14.4. The average Bonchev–Trinajstić information content (AvgIpc) is 2.44. The molecule has 0 bridgehead atoms. The van der Waals surface area contributed by atoms with Gasteiger partial charge in [0.05, 0.1) is 6.42 Å². The van der Waals surface area contributed by atoms with Crippen LogP contribution in [0.1, 0.15) is 30.4 Å². The molecular weight excluding hydrogens is 248 g/mol. The van der Waals surface area contributed by atoms with Gasteiger partial charge in [-0.3, -0.25) is 4.79 Å². The first kappa shape index (κ1) is 15.0. The van der Waals surface area contributed by atoms with Crippen LogP contribution in [0.5, 0.6) is 0 Å². The molecule has 0 aliphatic carbocycles. The Labute approximate surface area is 122 Å². The van der Waals surface area contributed by atoms with E-state index in [1.165, 1.54) is 31.5 Å². The molecule has 0 unspecified atom stereocenters. The highest BCUT2D eigenvalue weighted by molar-refractivity contribution is 5.78. The number of hydrogen-bond acceptors (Lipinski definition) is 2. The largest absolute Gasteiger partial charge is 0.356 e. The Morgan fingerprint density at radius 2 is 1.90 bits per heavy atom. The molecule has 1 N–H and O–H groups in total. The number of benzene rings is 1. The summed E-state index contributed by atoms with van der Waals surface area (Å²) in [5.74, 6) is 0.924. The van der Waals surface area contributed by atoms with Gasteiger partial charge in [-0.15, -0.1) is 0 Å². The Morgan fingerprint density at radius 1 is 1.25 bits per heavy atom. The molecule has 3 heteroatoms. The molecule has 0 radical (unpaired) electrons. The van der Waals surface area contributed by atoms with E-state index in [-0.39, 0.29) is 5.91 Å². The second kappa shape index (κ2) is 7.44. The van der Waals surface area contributed by atoms with Gasteiger partial charge >= 0.3 is 0 Å². The quantitative estimate of drug-likeness (QED) is 0.894. The summed E-state index contributed by atoms with van der Waals surface area (Å²) in [5.41, 5.74) is 2.32. The summed E-state index contributed by atoms with van der Waals surface area (Å²) in [6.07, 6.45) is 4.15. The van der Waals surface area contributed by atoms with E-state index in [1.54, 1.807) is 0 Å². The van der Waals surface area contributed by atoms with Gasteiger partial charge in [-0.2, -0.15) is 0 Å². The van der Waals surface area contributed by atoms with Gasteiger partial charge in [-0.1, -0.05) is 29.8 Å². The van der Waals surface area contributed by atoms with Crippen LogP contribution in [-0.2, 0) is 11.2 Å². The molecule has 1 aromatic carbocycles. The number of piperidine rings is 1. The van der Waals surface area contributed by atoms with Gasteiger partial charge in [0.1, 0.15) is 0 Å². The second-order valence-electron chi connectivity index (χ2n) is 6.05. The summed E-state index contributed by atoms with van der Waals surface area (Å²) in [6, 6.07) is 8.18. The van der Waals surface area contributed by atoms with Crippen molar-refractivity contribution in [3.63, 3.8) is 0 Å². The van der Waals surface area contributed by atoms with E-state index < -0.39 is 0 Å². The van der Waals surface area contributed by atoms with Crippen molar-refractivity contribution in [2.24, 2.45) is 5.92 Å². The van der Waals surface area contributed by atoms with Crippen molar-refractivity contribution in [1.82, 2.24) is 10.2 Å². The molecule has 1 aliphatic heterocycles. The lowest BCUT2D eigenvalue weighted by Crippen LogP contribution is -2.33. The molecule has 1 aromatic rings. The molecule has 3 nitrogen and oxygen atoms in total. The molecule has 0 spiro atoms. The van der Waals surface area contributed by atoms with Crippen LogP contribution in [0.25, 0.3) is 0 Å². The summed E-state index contributed by atoms with van der Waals surface area (Å²) in [4.78, 5) is 14.3. The van der Waals surface area contributed by atoms with Crippen molar-refractivity contribution < 1.29 is 4.79 Å². The van der Waals surface area contributed by atoms with E-state index in [9.17, 15) is 4.79 Å². The number of carbonyl (C=O) groups is 1. The molecule has 0 aromatic heterocycles. The van der Waals surface area contributed by atoms with Gasteiger partial charge in [0, 0.05) is 6.54 Å². The summed E-state index contributed by atoms with van der Waals surface area (Å²) in [5, 5.41) is 3.05. The fourth-order valence-corrected chi connectivity index (χ4v) is 2.72. The van der Waals surface area contributed by atoms with E-state index in [0.29, 0.717) is 6.42 Å². The first-order valence-corrected chi connectivity index (χ1v) is 7.64. The molecule has 1 saturated heterocycles. The normalized spacial score (nSPS) is 17.1. The number of likely N-dealkylation sites (tertiary alicyclic amines) is 1. The predicted octanol–water partition coefficient (Wildman–Crippen LogP) is 2.39. The molecule has 20 heavy (non-hydrogen) atoms. The summed E-state index contributed by atoms with van der Waals surface area (Å²) in [6.45, 7) is 5.27. The highest BCUT2D eigenvalue weighted by Crippen LogP contribution is 2.18. The minimum absolute atomic E-state index is 0.141. The van der Waals surface area contributed by atoms with Crippen LogP contribution in [0.3, 0.4) is 0 Å². The number of nitrogens with one attached hydrogen (secondary N) is 1. The zero-order valence-corrected chi connectivity index (χ0v) is 12.7. The van der Waals surface area contributed by atoms with Crippen LogP contribution >= 0.6 is 0 Å². The van der Waals surface area contributed by atoms with Crippen molar-refractivity contribution in [2.75, 3.05) is 26.7 Å². The smallest absolute Gasteiger partial charge is 0.224 e. The Bertz CT molecular complexity index is 419.